The molecule has 0 fully saturated rings. The first-order valence-electron chi connectivity index (χ1n) is 9.34. The van der Waals surface area contributed by atoms with E-state index in [-0.39, 0.29) is 11.3 Å². The summed E-state index contributed by atoms with van der Waals surface area (Å²) in [5.41, 5.74) is 4.03. The number of aryl methyl sites for hydroxylation is 2. The second-order valence-electron chi connectivity index (χ2n) is 7.11. The molecule has 0 saturated heterocycles. The molecule has 1 heterocycles. The highest BCUT2D eigenvalue weighted by molar-refractivity contribution is 9.10. The molecule has 4 rings (SSSR count). The lowest BCUT2D eigenvalue weighted by atomic mass is 10.0. The van der Waals surface area contributed by atoms with E-state index < -0.39 is 17.6 Å². The van der Waals surface area contributed by atoms with Crippen molar-refractivity contribution in [2.45, 2.75) is 13.8 Å². The molecule has 0 aromatic heterocycles. The van der Waals surface area contributed by atoms with Crippen LogP contribution in [0.15, 0.2) is 76.9 Å². The highest BCUT2D eigenvalue weighted by atomic mass is 79.9. The van der Waals surface area contributed by atoms with Crippen LogP contribution >= 0.6 is 15.9 Å². The Kier molecular flexibility index (Phi) is 5.26. The normalized spacial score (nSPS) is 13.9. The largest absolute Gasteiger partial charge is 0.350 e. The van der Waals surface area contributed by atoms with Crippen LogP contribution in [-0.2, 0) is 9.59 Å². The third-order valence-corrected chi connectivity index (χ3v) is 5.55. The molecule has 1 aliphatic rings. The van der Waals surface area contributed by atoms with Crippen molar-refractivity contribution in [3.8, 4) is 0 Å². The van der Waals surface area contributed by atoms with Crippen LogP contribution in [0, 0.1) is 19.7 Å². The molecular formula is C24H18BrFN2O2. The highest BCUT2D eigenvalue weighted by Crippen LogP contribution is 2.34. The summed E-state index contributed by atoms with van der Waals surface area (Å²) in [4.78, 5) is 27.9. The summed E-state index contributed by atoms with van der Waals surface area (Å²) < 4.78 is 14.3. The van der Waals surface area contributed by atoms with Gasteiger partial charge in [-0.15, -0.1) is 0 Å². The number of nitrogens with one attached hydrogen (secondary N) is 1. The van der Waals surface area contributed by atoms with Gasteiger partial charge in [0.05, 0.1) is 11.3 Å². The summed E-state index contributed by atoms with van der Waals surface area (Å²) >= 11 is 3.41. The minimum absolute atomic E-state index is 0.155. The molecule has 0 aliphatic carbocycles. The van der Waals surface area contributed by atoms with E-state index in [1.807, 2.05) is 44.2 Å². The van der Waals surface area contributed by atoms with E-state index in [0.717, 1.165) is 20.5 Å². The van der Waals surface area contributed by atoms with Gasteiger partial charge in [0.2, 0.25) is 0 Å². The monoisotopic (exact) mass is 464 g/mol. The summed E-state index contributed by atoms with van der Waals surface area (Å²) in [6, 6.07) is 18.3. The standard InChI is InChI=1S/C24H18BrFN2O2/c1-14-6-11-20(12-15(14)2)28-23(29)21(16-7-9-18(26)10-8-16)22(24(28)30)27-19-5-3-4-17(25)13-19/h3-13,27H,1-2H3. The zero-order chi connectivity index (χ0) is 21.4. The SMILES string of the molecule is Cc1ccc(N2C(=O)C(Nc3cccc(Br)c3)=C(c3ccc(F)cc3)C2=O)cc1C. The molecule has 0 bridgehead atoms. The van der Waals surface area contributed by atoms with E-state index in [2.05, 4.69) is 21.2 Å². The Morgan fingerprint density at radius 3 is 2.27 bits per heavy atom. The smallest absolute Gasteiger partial charge is 0.282 e. The third-order valence-electron chi connectivity index (χ3n) is 5.06. The Morgan fingerprint density at radius 1 is 0.867 bits per heavy atom. The van der Waals surface area contributed by atoms with Gasteiger partial charge in [-0.1, -0.05) is 40.2 Å². The Hall–Kier alpha value is -3.25. The maximum atomic E-state index is 13.5. The Bertz CT molecular complexity index is 1200. The van der Waals surface area contributed by atoms with Crippen LogP contribution in [0.4, 0.5) is 15.8 Å². The van der Waals surface area contributed by atoms with Gasteiger partial charge in [0.15, 0.2) is 0 Å². The molecular weight excluding hydrogens is 447 g/mol. The van der Waals surface area contributed by atoms with Crippen LogP contribution in [-0.4, -0.2) is 11.8 Å². The number of rotatable bonds is 4. The summed E-state index contributed by atoms with van der Waals surface area (Å²) in [5.74, 6) is -1.32. The Balaban J connectivity index is 1.83. The van der Waals surface area contributed by atoms with E-state index in [1.54, 1.807) is 12.1 Å². The fraction of sp³-hybridized carbons (Fsp3) is 0.0833. The average molecular weight is 465 g/mol. The van der Waals surface area contributed by atoms with Crippen molar-refractivity contribution in [3.05, 3.63) is 99.4 Å². The van der Waals surface area contributed by atoms with Gasteiger partial charge in [-0.25, -0.2) is 9.29 Å². The van der Waals surface area contributed by atoms with Gasteiger partial charge in [-0.3, -0.25) is 9.59 Å². The van der Waals surface area contributed by atoms with Gasteiger partial charge >= 0.3 is 0 Å². The van der Waals surface area contributed by atoms with Crippen molar-refractivity contribution < 1.29 is 14.0 Å². The van der Waals surface area contributed by atoms with Crippen LogP contribution in [0.25, 0.3) is 5.57 Å². The van der Waals surface area contributed by atoms with Crippen molar-refractivity contribution >= 4 is 44.7 Å². The van der Waals surface area contributed by atoms with Crippen molar-refractivity contribution in [1.82, 2.24) is 0 Å². The molecule has 0 saturated carbocycles. The topological polar surface area (TPSA) is 49.4 Å². The number of hydrogen-bond donors (Lipinski definition) is 1. The zero-order valence-electron chi connectivity index (χ0n) is 16.4. The van der Waals surface area contributed by atoms with Crippen LogP contribution in [0.2, 0.25) is 0 Å². The second kappa shape index (κ2) is 7.88. The van der Waals surface area contributed by atoms with Crippen LogP contribution in [0.1, 0.15) is 16.7 Å². The fourth-order valence-electron chi connectivity index (χ4n) is 3.34. The first kappa shape index (κ1) is 20.0. The summed E-state index contributed by atoms with van der Waals surface area (Å²) in [7, 11) is 0. The van der Waals surface area contributed by atoms with Crippen LogP contribution in [0.5, 0.6) is 0 Å². The third kappa shape index (κ3) is 3.66. The van der Waals surface area contributed by atoms with Crippen LogP contribution < -0.4 is 10.2 Å². The number of carbonyl (C=O) groups excluding carboxylic acids is 2. The molecule has 0 unspecified atom stereocenters. The van der Waals surface area contributed by atoms with Crippen molar-refractivity contribution in [1.29, 1.82) is 0 Å². The lowest BCUT2D eigenvalue weighted by molar-refractivity contribution is -0.120. The molecule has 2 amide bonds. The first-order chi connectivity index (χ1) is 14.3. The molecule has 1 aliphatic heterocycles. The molecule has 4 nitrogen and oxygen atoms in total. The molecule has 3 aromatic rings. The Labute approximate surface area is 182 Å². The van der Waals surface area contributed by atoms with Gasteiger partial charge in [0.1, 0.15) is 11.5 Å². The average Bonchev–Trinajstić information content (AvgIpc) is 2.95. The Morgan fingerprint density at radius 2 is 1.60 bits per heavy atom. The number of imide groups is 1. The highest BCUT2D eigenvalue weighted by Gasteiger charge is 2.40. The molecule has 1 N–H and O–H groups in total. The van der Waals surface area contributed by atoms with Gasteiger partial charge in [-0.2, -0.15) is 0 Å². The van der Waals surface area contributed by atoms with E-state index >= 15 is 0 Å². The van der Waals surface area contributed by atoms with E-state index in [9.17, 15) is 14.0 Å². The minimum Gasteiger partial charge on any atom is -0.350 e. The maximum absolute atomic E-state index is 13.5. The lowest BCUT2D eigenvalue weighted by Crippen LogP contribution is -2.32. The predicted octanol–water partition coefficient (Wildman–Crippen LogP) is 5.60. The number of benzene rings is 3. The van der Waals surface area contributed by atoms with Gasteiger partial charge in [0, 0.05) is 10.2 Å². The number of amides is 2. The maximum Gasteiger partial charge on any atom is 0.282 e. The summed E-state index contributed by atoms with van der Waals surface area (Å²) in [5, 5.41) is 3.09. The van der Waals surface area contributed by atoms with Gasteiger partial charge in [0.25, 0.3) is 11.8 Å². The number of anilines is 2. The lowest BCUT2D eigenvalue weighted by Gasteiger charge is -2.17. The molecule has 30 heavy (non-hydrogen) atoms. The molecule has 0 spiro atoms. The summed E-state index contributed by atoms with van der Waals surface area (Å²) in [6.07, 6.45) is 0. The van der Waals surface area contributed by atoms with Crippen LogP contribution in [0.3, 0.4) is 0 Å². The first-order valence-corrected chi connectivity index (χ1v) is 10.1. The van der Waals surface area contributed by atoms with Gasteiger partial charge in [-0.05, 0) is 73.0 Å². The van der Waals surface area contributed by atoms with Crippen molar-refractivity contribution in [2.24, 2.45) is 0 Å². The molecule has 0 atom stereocenters. The molecule has 0 radical (unpaired) electrons. The second-order valence-corrected chi connectivity index (χ2v) is 8.02. The minimum atomic E-state index is -0.456. The quantitative estimate of drug-likeness (QED) is 0.511. The number of halogens is 2. The van der Waals surface area contributed by atoms with Crippen molar-refractivity contribution in [2.75, 3.05) is 10.2 Å². The van der Waals surface area contributed by atoms with E-state index in [4.69, 9.17) is 0 Å². The zero-order valence-corrected chi connectivity index (χ0v) is 18.0. The fourth-order valence-corrected chi connectivity index (χ4v) is 3.74. The predicted molar refractivity (Wildman–Crippen MR) is 119 cm³/mol. The molecule has 3 aromatic carbocycles. The molecule has 150 valence electrons. The number of hydrogen-bond acceptors (Lipinski definition) is 3. The summed E-state index contributed by atoms with van der Waals surface area (Å²) in [6.45, 7) is 3.90. The number of carbonyl (C=O) groups is 2. The van der Waals surface area contributed by atoms with Gasteiger partial charge < -0.3 is 5.32 Å². The van der Waals surface area contributed by atoms with E-state index in [0.29, 0.717) is 16.9 Å². The van der Waals surface area contributed by atoms with E-state index in [1.165, 1.54) is 24.3 Å². The number of nitrogens with zero attached hydrogens (tertiary/aromatic N) is 1. The van der Waals surface area contributed by atoms with Crippen molar-refractivity contribution in [3.63, 3.8) is 0 Å². The molecule has 6 heteroatoms.